The third kappa shape index (κ3) is 3.57. The third-order valence-electron chi connectivity index (χ3n) is 3.11. The first-order valence-corrected chi connectivity index (χ1v) is 6.90. The number of amides is 1. The molecular formula is C15H13ClFN3O3. The van der Waals surface area contributed by atoms with Crippen LogP contribution >= 0.6 is 11.6 Å². The number of nitro benzene ring substituents is 1. The fraction of sp³-hybridized carbons (Fsp3) is 0.133. The van der Waals surface area contributed by atoms with Crippen LogP contribution in [-0.2, 0) is 0 Å². The van der Waals surface area contributed by atoms with Crippen molar-refractivity contribution in [3.63, 3.8) is 0 Å². The molecule has 0 heterocycles. The van der Waals surface area contributed by atoms with Crippen molar-refractivity contribution in [2.45, 2.75) is 0 Å². The first-order valence-electron chi connectivity index (χ1n) is 6.52. The van der Waals surface area contributed by atoms with E-state index in [9.17, 15) is 19.3 Å². The molecule has 0 fully saturated rings. The van der Waals surface area contributed by atoms with Gasteiger partial charge >= 0.3 is 0 Å². The summed E-state index contributed by atoms with van der Waals surface area (Å²) >= 11 is 5.99. The van der Waals surface area contributed by atoms with E-state index < -0.39 is 16.6 Å². The highest BCUT2D eigenvalue weighted by molar-refractivity contribution is 6.34. The number of nitro groups is 1. The van der Waals surface area contributed by atoms with Crippen molar-refractivity contribution in [2.24, 2.45) is 0 Å². The number of carbonyl (C=O) groups is 1. The molecule has 6 nitrogen and oxygen atoms in total. The number of benzene rings is 2. The van der Waals surface area contributed by atoms with Gasteiger partial charge in [0.25, 0.3) is 11.6 Å². The quantitative estimate of drug-likeness (QED) is 0.681. The van der Waals surface area contributed by atoms with Crippen molar-refractivity contribution >= 4 is 34.6 Å². The van der Waals surface area contributed by atoms with Gasteiger partial charge in [0.15, 0.2) is 0 Å². The minimum Gasteiger partial charge on any atom is -0.372 e. The molecule has 0 bridgehead atoms. The molecule has 2 aromatic carbocycles. The predicted octanol–water partition coefficient (Wildman–Crippen LogP) is 3.71. The molecular weight excluding hydrogens is 325 g/mol. The van der Waals surface area contributed by atoms with Gasteiger partial charge in [-0.05, 0) is 18.2 Å². The highest BCUT2D eigenvalue weighted by Crippen LogP contribution is 2.36. The molecule has 0 saturated heterocycles. The van der Waals surface area contributed by atoms with Crippen LogP contribution in [0.4, 0.5) is 21.5 Å². The molecule has 0 unspecified atom stereocenters. The maximum Gasteiger partial charge on any atom is 0.294 e. The third-order valence-corrected chi connectivity index (χ3v) is 3.42. The molecule has 0 aromatic heterocycles. The molecule has 1 amide bonds. The first kappa shape index (κ1) is 16.7. The highest BCUT2D eigenvalue weighted by Gasteiger charge is 2.21. The number of hydrogen-bond acceptors (Lipinski definition) is 4. The normalized spacial score (nSPS) is 10.3. The van der Waals surface area contributed by atoms with E-state index in [1.165, 1.54) is 29.2 Å². The average molecular weight is 338 g/mol. The van der Waals surface area contributed by atoms with Gasteiger partial charge in [0.1, 0.15) is 11.5 Å². The predicted molar refractivity (Wildman–Crippen MR) is 86.8 cm³/mol. The fourth-order valence-corrected chi connectivity index (χ4v) is 2.19. The lowest BCUT2D eigenvalue weighted by Crippen LogP contribution is -2.16. The number of rotatable bonds is 4. The lowest BCUT2D eigenvalue weighted by Gasteiger charge is -2.16. The van der Waals surface area contributed by atoms with Gasteiger partial charge in [-0.25, -0.2) is 4.39 Å². The lowest BCUT2D eigenvalue weighted by molar-refractivity contribution is -0.384. The van der Waals surface area contributed by atoms with Gasteiger partial charge in [0.2, 0.25) is 0 Å². The standard InChI is InChI=1S/C15H13ClFN3O3/c1-19(2)13-8-12(10(16)7-14(13)20(22)23)18-15(21)9-5-3-4-6-11(9)17/h3-8H,1-2H3,(H,18,21). The molecule has 1 N–H and O–H groups in total. The van der Waals surface area contributed by atoms with Crippen molar-refractivity contribution in [3.8, 4) is 0 Å². The fourth-order valence-electron chi connectivity index (χ4n) is 1.99. The minimum absolute atomic E-state index is 0.00742. The first-order chi connectivity index (χ1) is 10.8. The molecule has 0 aliphatic carbocycles. The summed E-state index contributed by atoms with van der Waals surface area (Å²) in [5.41, 5.74) is 0.0923. The highest BCUT2D eigenvalue weighted by atomic mass is 35.5. The lowest BCUT2D eigenvalue weighted by atomic mass is 10.2. The van der Waals surface area contributed by atoms with E-state index >= 15 is 0 Å². The van der Waals surface area contributed by atoms with Gasteiger partial charge in [-0.1, -0.05) is 23.7 Å². The number of anilines is 2. The Morgan fingerprint density at radius 3 is 2.52 bits per heavy atom. The van der Waals surface area contributed by atoms with Crippen LogP contribution in [0, 0.1) is 15.9 Å². The Kier molecular flexibility index (Phi) is 4.80. The summed E-state index contributed by atoms with van der Waals surface area (Å²) in [7, 11) is 3.25. The molecule has 0 atom stereocenters. The topological polar surface area (TPSA) is 75.5 Å². The van der Waals surface area contributed by atoms with E-state index in [-0.39, 0.29) is 27.6 Å². The van der Waals surface area contributed by atoms with Crippen molar-refractivity contribution in [3.05, 3.63) is 62.9 Å². The zero-order chi connectivity index (χ0) is 17.1. The van der Waals surface area contributed by atoms with Crippen LogP contribution in [0.5, 0.6) is 0 Å². The molecule has 8 heteroatoms. The Bertz CT molecular complexity index is 781. The summed E-state index contributed by atoms with van der Waals surface area (Å²) < 4.78 is 13.6. The maximum atomic E-state index is 13.6. The van der Waals surface area contributed by atoms with E-state index in [1.54, 1.807) is 14.1 Å². The summed E-state index contributed by atoms with van der Waals surface area (Å²) in [5.74, 6) is -1.36. The van der Waals surface area contributed by atoms with Crippen LogP contribution in [0.2, 0.25) is 5.02 Å². The average Bonchev–Trinajstić information content (AvgIpc) is 2.48. The van der Waals surface area contributed by atoms with E-state index in [4.69, 9.17) is 11.6 Å². The molecule has 120 valence electrons. The van der Waals surface area contributed by atoms with Crippen LogP contribution in [0.3, 0.4) is 0 Å². The van der Waals surface area contributed by atoms with E-state index in [0.29, 0.717) is 0 Å². The second-order valence-corrected chi connectivity index (χ2v) is 5.31. The summed E-state index contributed by atoms with van der Waals surface area (Å²) in [6.07, 6.45) is 0. The summed E-state index contributed by atoms with van der Waals surface area (Å²) in [4.78, 5) is 24.1. The Balaban J connectivity index is 2.41. The van der Waals surface area contributed by atoms with Crippen LogP contribution < -0.4 is 10.2 Å². The maximum absolute atomic E-state index is 13.6. The van der Waals surface area contributed by atoms with Crippen molar-refractivity contribution in [1.82, 2.24) is 0 Å². The van der Waals surface area contributed by atoms with Gasteiger partial charge in [0.05, 0.1) is 21.2 Å². The Morgan fingerprint density at radius 2 is 1.96 bits per heavy atom. The van der Waals surface area contributed by atoms with Crippen LogP contribution in [-0.4, -0.2) is 24.9 Å². The number of carbonyl (C=O) groups excluding carboxylic acids is 1. The summed E-state index contributed by atoms with van der Waals surface area (Å²) in [5, 5.41) is 13.5. The van der Waals surface area contributed by atoms with E-state index in [1.807, 2.05) is 0 Å². The van der Waals surface area contributed by atoms with Crippen molar-refractivity contribution < 1.29 is 14.1 Å². The van der Waals surface area contributed by atoms with Crippen LogP contribution in [0.15, 0.2) is 36.4 Å². The smallest absolute Gasteiger partial charge is 0.294 e. The Labute approximate surface area is 136 Å². The van der Waals surface area contributed by atoms with Gasteiger partial charge in [-0.15, -0.1) is 0 Å². The monoisotopic (exact) mass is 337 g/mol. The van der Waals surface area contributed by atoms with Crippen molar-refractivity contribution in [2.75, 3.05) is 24.3 Å². The molecule has 0 aliphatic rings. The second kappa shape index (κ2) is 6.62. The SMILES string of the molecule is CN(C)c1cc(NC(=O)c2ccccc2F)c(Cl)cc1[N+](=O)[O-]. The Hall–Kier alpha value is -2.67. The van der Waals surface area contributed by atoms with Crippen molar-refractivity contribution in [1.29, 1.82) is 0 Å². The molecule has 2 aromatic rings. The van der Waals surface area contributed by atoms with Gasteiger partial charge < -0.3 is 10.2 Å². The molecule has 0 radical (unpaired) electrons. The number of nitrogens with zero attached hydrogens (tertiary/aromatic N) is 2. The summed E-state index contributed by atoms with van der Waals surface area (Å²) in [6.45, 7) is 0. The molecule has 0 saturated carbocycles. The largest absolute Gasteiger partial charge is 0.372 e. The molecule has 0 spiro atoms. The van der Waals surface area contributed by atoms with Crippen LogP contribution in [0.1, 0.15) is 10.4 Å². The molecule has 23 heavy (non-hydrogen) atoms. The van der Waals surface area contributed by atoms with E-state index in [2.05, 4.69) is 5.32 Å². The van der Waals surface area contributed by atoms with Crippen LogP contribution in [0.25, 0.3) is 0 Å². The molecule has 0 aliphatic heterocycles. The summed E-state index contributed by atoms with van der Waals surface area (Å²) in [6, 6.07) is 8.01. The number of nitrogens with one attached hydrogen (secondary N) is 1. The van der Waals surface area contributed by atoms with Gasteiger partial charge in [0, 0.05) is 20.2 Å². The number of halogens is 2. The number of hydrogen-bond donors (Lipinski definition) is 1. The van der Waals surface area contributed by atoms with Gasteiger partial charge in [-0.2, -0.15) is 0 Å². The van der Waals surface area contributed by atoms with Gasteiger partial charge in [-0.3, -0.25) is 14.9 Å². The Morgan fingerprint density at radius 1 is 1.30 bits per heavy atom. The zero-order valence-corrected chi connectivity index (χ0v) is 13.1. The second-order valence-electron chi connectivity index (χ2n) is 4.91. The van der Waals surface area contributed by atoms with E-state index in [0.717, 1.165) is 12.1 Å². The zero-order valence-electron chi connectivity index (χ0n) is 12.3. The molecule has 2 rings (SSSR count). The minimum atomic E-state index is -0.691.